The molecule has 0 rings (SSSR count). The highest BCUT2D eigenvalue weighted by molar-refractivity contribution is 8.05. The maximum Gasteiger partial charge on any atom is 0.0785 e. The Labute approximate surface area is 63.2 Å². The topological polar surface area (TPSA) is 52.0 Å². The molecule has 0 aliphatic rings. The van der Waals surface area contributed by atoms with Crippen molar-refractivity contribution >= 4 is 24.8 Å². The van der Waals surface area contributed by atoms with Gasteiger partial charge in [-0.2, -0.15) is 4.91 Å². The van der Waals surface area contributed by atoms with Crippen molar-refractivity contribution in [2.75, 3.05) is 5.75 Å². The lowest BCUT2D eigenvalue weighted by Gasteiger charge is -1.97. The van der Waals surface area contributed by atoms with Gasteiger partial charge in [-0.1, -0.05) is 6.08 Å². The Morgan fingerprint density at radius 1 is 2.00 bits per heavy atom. The molecule has 0 amide bonds. The van der Waals surface area contributed by atoms with Crippen molar-refractivity contribution in [2.24, 2.45) is 5.22 Å². The molecule has 0 fully saturated rings. The third kappa shape index (κ3) is 5.42. The summed E-state index contributed by atoms with van der Waals surface area (Å²) in [4.78, 5) is 2.51. The van der Waals surface area contributed by atoms with E-state index in [-0.39, 0.29) is 0 Å². The molecule has 0 aliphatic heterocycles. The lowest BCUT2D eigenvalue weighted by Crippen LogP contribution is -1.88. The Bertz CT molecular complexity index is 130. The van der Waals surface area contributed by atoms with E-state index in [1.165, 1.54) is 11.9 Å². The highest BCUT2D eigenvalue weighted by Gasteiger charge is 1.94. The summed E-state index contributed by atoms with van der Waals surface area (Å²) in [6, 6.07) is 0. The van der Waals surface area contributed by atoms with Gasteiger partial charge in [-0.15, -0.1) is 15.9 Å². The molecule has 0 aromatic heterocycles. The van der Waals surface area contributed by atoms with E-state index in [1.54, 1.807) is 6.08 Å². The molecule has 50 valence electrons. The highest BCUT2D eigenvalue weighted by atomic mass is 32.2. The molecule has 0 aliphatic carbocycles. The fourth-order valence-electron chi connectivity index (χ4n) is 0.179. The third-order valence-electron chi connectivity index (χ3n) is 0.424. The number of hydrogen-bond acceptors (Lipinski definition) is 3. The number of azide groups is 1. The normalized spacial score (nSPS) is 7.67. The van der Waals surface area contributed by atoms with E-state index in [0.717, 1.165) is 3.82 Å². The van der Waals surface area contributed by atoms with Crippen LogP contribution in [0.3, 0.4) is 0 Å². The van der Waals surface area contributed by atoms with Gasteiger partial charge < -0.3 is 0 Å². The summed E-state index contributed by atoms with van der Waals surface area (Å²) in [5.74, 6) is 0.683. The van der Waals surface area contributed by atoms with Crippen molar-refractivity contribution in [2.45, 2.75) is 0 Å². The first-order chi connectivity index (χ1) is 4.31. The average molecular weight is 162 g/mol. The van der Waals surface area contributed by atoms with Gasteiger partial charge in [-0.25, -0.2) is 0 Å². The molecule has 0 radical (unpaired) electrons. The minimum atomic E-state index is 0.683. The molecule has 0 bridgehead atoms. The van der Waals surface area contributed by atoms with Gasteiger partial charge in [0.15, 0.2) is 0 Å². The largest absolute Gasteiger partial charge is 0.167 e. The molecular formula is C3H6N4S2. The number of nitrogens with zero attached hydrogens (tertiary/aromatic N) is 4. The third-order valence-corrected chi connectivity index (χ3v) is 1.54. The molecule has 0 unspecified atom stereocenters. The Kier molecular flexibility index (Phi) is 5.40. The van der Waals surface area contributed by atoms with Crippen LogP contribution in [0.4, 0.5) is 0 Å². The fourth-order valence-corrected chi connectivity index (χ4v) is 0.738. The smallest absolute Gasteiger partial charge is 0.0785 e. The van der Waals surface area contributed by atoms with Crippen LogP contribution in [0.5, 0.6) is 0 Å². The van der Waals surface area contributed by atoms with Gasteiger partial charge in [0.25, 0.3) is 0 Å². The molecule has 0 aromatic rings. The second-order valence-corrected chi connectivity index (χ2v) is 2.60. The van der Waals surface area contributed by atoms with Crippen molar-refractivity contribution in [1.29, 1.82) is 0 Å². The van der Waals surface area contributed by atoms with Crippen LogP contribution in [-0.4, -0.2) is 9.57 Å². The Balaban J connectivity index is 3.37. The zero-order chi connectivity index (χ0) is 7.11. The summed E-state index contributed by atoms with van der Waals surface area (Å²) in [5, 5.41) is 3.16. The minimum absolute atomic E-state index is 0.683. The number of rotatable bonds is 4. The van der Waals surface area contributed by atoms with Crippen molar-refractivity contribution in [3.05, 3.63) is 23.1 Å². The van der Waals surface area contributed by atoms with E-state index in [9.17, 15) is 0 Å². The van der Waals surface area contributed by atoms with Gasteiger partial charge in [-0.05, 0) is 0 Å². The number of hydrogen-bond donors (Lipinski definition) is 1. The predicted molar refractivity (Wildman–Crippen MR) is 42.6 cm³/mol. The highest BCUT2D eigenvalue weighted by Crippen LogP contribution is 2.12. The van der Waals surface area contributed by atoms with Crippen molar-refractivity contribution in [3.8, 4) is 0 Å². The molecule has 0 spiro atoms. The van der Waals surface area contributed by atoms with Crippen LogP contribution in [0.2, 0.25) is 0 Å². The van der Waals surface area contributed by atoms with Crippen molar-refractivity contribution < 1.29 is 0 Å². The molecule has 0 N–H and O–H groups in total. The summed E-state index contributed by atoms with van der Waals surface area (Å²) >= 11 is 5.03. The van der Waals surface area contributed by atoms with E-state index < -0.39 is 0 Å². The van der Waals surface area contributed by atoms with Crippen molar-refractivity contribution in [1.82, 2.24) is 3.82 Å². The maximum absolute atomic E-state index is 7.86. The van der Waals surface area contributed by atoms with Crippen LogP contribution in [0.15, 0.2) is 17.9 Å². The second kappa shape index (κ2) is 5.68. The summed E-state index contributed by atoms with van der Waals surface area (Å²) in [6.45, 7) is 3.48. The van der Waals surface area contributed by atoms with Crippen LogP contribution < -0.4 is 0 Å². The molecular weight excluding hydrogens is 156 g/mol. The lowest BCUT2D eigenvalue weighted by atomic mass is 10.8. The zero-order valence-electron chi connectivity index (χ0n) is 4.64. The Hall–Kier alpha value is -0.450. The van der Waals surface area contributed by atoms with Gasteiger partial charge in [0.2, 0.25) is 0 Å². The molecule has 0 saturated heterocycles. The van der Waals surface area contributed by atoms with Crippen LogP contribution in [0, 0.1) is 0 Å². The van der Waals surface area contributed by atoms with E-state index in [4.69, 9.17) is 5.53 Å². The number of thiol groups is 1. The first-order valence-corrected chi connectivity index (χ1v) is 3.43. The molecule has 4 nitrogen and oxygen atoms in total. The monoisotopic (exact) mass is 162 g/mol. The van der Waals surface area contributed by atoms with E-state index in [2.05, 4.69) is 29.5 Å². The predicted octanol–water partition coefficient (Wildman–Crippen LogP) is 2.19. The van der Waals surface area contributed by atoms with Gasteiger partial charge >= 0.3 is 0 Å². The van der Waals surface area contributed by atoms with Crippen LogP contribution >= 0.6 is 24.8 Å². The van der Waals surface area contributed by atoms with E-state index in [0.29, 0.717) is 5.75 Å². The molecule has 6 heteroatoms. The lowest BCUT2D eigenvalue weighted by molar-refractivity contribution is 0.815. The van der Waals surface area contributed by atoms with Gasteiger partial charge in [-0.3, -0.25) is 0 Å². The van der Waals surface area contributed by atoms with Gasteiger partial charge in [0.05, 0.1) is 30.5 Å². The summed E-state index contributed by atoms with van der Waals surface area (Å²) in [5.41, 5.74) is 7.86. The first-order valence-electron chi connectivity index (χ1n) is 2.09. The zero-order valence-corrected chi connectivity index (χ0v) is 6.35. The summed E-state index contributed by atoms with van der Waals surface area (Å²) in [7, 11) is 0. The van der Waals surface area contributed by atoms with E-state index in [1.807, 2.05) is 0 Å². The summed E-state index contributed by atoms with van der Waals surface area (Å²) in [6.07, 6.45) is 1.70. The molecule has 0 saturated carbocycles. The van der Waals surface area contributed by atoms with Gasteiger partial charge in [0.1, 0.15) is 0 Å². The Morgan fingerprint density at radius 3 is 3.11 bits per heavy atom. The SMILES string of the molecule is C=CCSN(S)N=[N+]=[N-]. The standard InChI is InChI=1S/C3H6N4S2/c1-2-3-9-7(8)6-5-4/h2,8H,1,3H2. The molecule has 0 aromatic carbocycles. The van der Waals surface area contributed by atoms with E-state index >= 15 is 0 Å². The Morgan fingerprint density at radius 2 is 2.67 bits per heavy atom. The molecule has 9 heavy (non-hydrogen) atoms. The molecule has 0 atom stereocenters. The van der Waals surface area contributed by atoms with Gasteiger partial charge in [0, 0.05) is 5.22 Å². The quantitative estimate of drug-likeness (QED) is 0.131. The maximum atomic E-state index is 7.86. The van der Waals surface area contributed by atoms with Crippen LogP contribution in [-0.2, 0) is 0 Å². The average Bonchev–Trinajstić information content (AvgIpc) is 1.85. The van der Waals surface area contributed by atoms with Crippen molar-refractivity contribution in [3.63, 3.8) is 0 Å². The minimum Gasteiger partial charge on any atom is -0.167 e. The molecule has 0 heterocycles. The summed E-state index contributed by atoms with van der Waals surface area (Å²) < 4.78 is 1.14. The van der Waals surface area contributed by atoms with Crippen LogP contribution in [0.25, 0.3) is 10.4 Å². The first kappa shape index (κ1) is 8.55. The van der Waals surface area contributed by atoms with Crippen LogP contribution in [0.1, 0.15) is 0 Å². The fraction of sp³-hybridized carbons (Fsp3) is 0.333. The second-order valence-electron chi connectivity index (χ2n) is 1.02.